The fourth-order valence-electron chi connectivity index (χ4n) is 10.5. The van der Waals surface area contributed by atoms with Gasteiger partial charge in [0.1, 0.15) is 0 Å². The standard InChI is InChI=1S/2C36H45.C2H6Si.2ClH.Zr/c2*1-8-9-10-11-12-13-26-24-33-31(27-14-18-29(19-15-27)35(2,3)4)22-23-32(34(33)25-26)28-16-20-30(21-17-28)36(5,6)7;1-3-2;;;/h2*14-25H,8-13H2,1-7H3;1-2H3;2*1H;/q2*-1;;;;+4/p-2. The van der Waals surface area contributed by atoms with E-state index < -0.39 is 20.8 Å². The van der Waals surface area contributed by atoms with Crippen LogP contribution in [-0.4, -0.2) is 9.52 Å². The number of fused-ring (bicyclic) bond motifs is 2. The molecule has 4 heteroatoms. The van der Waals surface area contributed by atoms with Gasteiger partial charge in [0.2, 0.25) is 0 Å². The first kappa shape index (κ1) is 65.0. The fraction of sp³-hybridized carbons (Fsp3) is 0.432. The Hall–Kier alpha value is -3.78. The van der Waals surface area contributed by atoms with Crippen molar-refractivity contribution in [2.24, 2.45) is 0 Å². The van der Waals surface area contributed by atoms with Gasteiger partial charge in [-0.3, -0.25) is 0 Å². The molecular formula is C74H96Cl2SiZr. The van der Waals surface area contributed by atoms with Crippen molar-refractivity contribution in [2.75, 3.05) is 0 Å². The normalized spacial score (nSPS) is 11.8. The summed E-state index contributed by atoms with van der Waals surface area (Å²) in [6, 6.07) is 56.1. The number of rotatable bonds is 16. The Kier molecular flexibility index (Phi) is 25.3. The van der Waals surface area contributed by atoms with Crippen LogP contribution in [-0.2, 0) is 55.3 Å². The predicted octanol–water partition coefficient (Wildman–Crippen LogP) is 24.2. The Bertz CT molecular complexity index is 2610. The average Bonchev–Trinajstić information content (AvgIpc) is 4.03. The number of hydrogen-bond donors (Lipinski definition) is 0. The van der Waals surface area contributed by atoms with Crippen LogP contribution in [0.25, 0.3) is 66.1 Å². The van der Waals surface area contributed by atoms with E-state index in [2.05, 4.69) is 256 Å². The first-order valence-electron chi connectivity index (χ1n) is 29.4. The molecule has 0 N–H and O–H groups in total. The van der Waals surface area contributed by atoms with Crippen molar-refractivity contribution >= 4 is 48.1 Å². The molecule has 0 aliphatic heterocycles. The Morgan fingerprint density at radius 1 is 0.359 bits per heavy atom. The molecule has 0 aliphatic rings. The van der Waals surface area contributed by atoms with Gasteiger partial charge >= 0.3 is 37.9 Å². The van der Waals surface area contributed by atoms with Crippen LogP contribution in [0.2, 0.25) is 13.1 Å². The summed E-state index contributed by atoms with van der Waals surface area (Å²) in [5.41, 5.74) is 19.8. The van der Waals surface area contributed by atoms with Crippen LogP contribution in [0.5, 0.6) is 0 Å². The number of unbranched alkanes of at least 4 members (excludes halogenated alkanes) is 8. The molecule has 414 valence electrons. The summed E-state index contributed by atoms with van der Waals surface area (Å²) in [7, 11) is 11.0. The van der Waals surface area contributed by atoms with Crippen LogP contribution in [0, 0.1) is 0 Å². The summed E-state index contributed by atoms with van der Waals surface area (Å²) in [4.78, 5) is 0. The Morgan fingerprint density at radius 2 is 0.590 bits per heavy atom. The van der Waals surface area contributed by atoms with E-state index in [-0.39, 0.29) is 21.7 Å². The van der Waals surface area contributed by atoms with Crippen molar-refractivity contribution in [3.63, 3.8) is 0 Å². The molecule has 0 fully saturated rings. The van der Waals surface area contributed by atoms with Crippen LogP contribution in [0.15, 0.2) is 146 Å². The molecule has 2 radical (unpaired) electrons. The molecule has 0 saturated carbocycles. The number of halogens is 2. The van der Waals surface area contributed by atoms with Gasteiger partial charge in [-0.05, 0) is 67.9 Å². The molecule has 0 atom stereocenters. The zero-order valence-electron chi connectivity index (χ0n) is 51.1. The van der Waals surface area contributed by atoms with E-state index in [9.17, 15) is 0 Å². The van der Waals surface area contributed by atoms with Crippen molar-refractivity contribution in [1.82, 2.24) is 0 Å². The first-order valence-corrected chi connectivity index (χ1v) is 37.7. The van der Waals surface area contributed by atoms with Crippen LogP contribution in [0.1, 0.15) is 195 Å². The van der Waals surface area contributed by atoms with E-state index in [1.165, 1.54) is 176 Å². The second-order valence-electron chi connectivity index (χ2n) is 25.9. The van der Waals surface area contributed by atoms with Gasteiger partial charge in [-0.1, -0.05) is 329 Å². The second kappa shape index (κ2) is 30.3. The van der Waals surface area contributed by atoms with Gasteiger partial charge in [0.15, 0.2) is 0 Å². The minimum atomic E-state index is -0.826. The van der Waals surface area contributed by atoms with E-state index >= 15 is 0 Å². The zero-order valence-corrected chi connectivity index (χ0v) is 56.1. The van der Waals surface area contributed by atoms with Gasteiger partial charge in [0.25, 0.3) is 0 Å². The predicted molar refractivity (Wildman–Crippen MR) is 350 cm³/mol. The van der Waals surface area contributed by atoms with E-state index in [1.54, 1.807) is 0 Å². The maximum absolute atomic E-state index is 4.93. The number of hydrogen-bond acceptors (Lipinski definition) is 0. The molecule has 0 unspecified atom stereocenters. The van der Waals surface area contributed by atoms with E-state index in [1.807, 2.05) is 0 Å². The van der Waals surface area contributed by atoms with E-state index in [0.717, 1.165) is 9.52 Å². The molecule has 0 bridgehead atoms. The van der Waals surface area contributed by atoms with Gasteiger partial charge in [0, 0.05) is 9.52 Å². The molecule has 0 heterocycles. The topological polar surface area (TPSA) is 0 Å². The molecule has 0 aromatic heterocycles. The SMILES string of the molecule is CCCCCCCc1cc2c(-c3ccc(C(C)(C)C)cc3)ccc(-c3ccc(C(C)(C)C)cc3)c2[cH-]1.CCCCCCCc1cc2c(-c3ccc(C(C)(C)C)cc3)ccc(-c3ccc(C(C)(C)C)cc3)c2[cH-]1.C[Si]C.[Cl][Zr+2][Cl]. The molecule has 0 saturated heterocycles. The fourth-order valence-corrected chi connectivity index (χ4v) is 10.5. The van der Waals surface area contributed by atoms with E-state index in [0.29, 0.717) is 0 Å². The average molecular weight is 1180 g/mol. The van der Waals surface area contributed by atoms with Crippen LogP contribution < -0.4 is 0 Å². The summed E-state index contributed by atoms with van der Waals surface area (Å²) in [5.74, 6) is 0. The van der Waals surface area contributed by atoms with Crippen molar-refractivity contribution in [2.45, 2.75) is 209 Å². The first-order chi connectivity index (χ1) is 37.0. The second-order valence-corrected chi connectivity index (χ2v) is 30.6. The number of benzene rings is 6. The quantitative estimate of drug-likeness (QED) is 0.0514. The van der Waals surface area contributed by atoms with Crippen molar-refractivity contribution in [1.29, 1.82) is 0 Å². The van der Waals surface area contributed by atoms with Gasteiger partial charge < -0.3 is 0 Å². The monoisotopic (exact) mass is 1170 g/mol. The summed E-state index contributed by atoms with van der Waals surface area (Å²) < 4.78 is 0. The van der Waals surface area contributed by atoms with Crippen LogP contribution >= 0.6 is 17.0 Å². The molecule has 78 heavy (non-hydrogen) atoms. The van der Waals surface area contributed by atoms with Crippen molar-refractivity contribution in [3.8, 4) is 44.5 Å². The summed E-state index contributed by atoms with van der Waals surface area (Å²) in [6.45, 7) is 36.3. The Labute approximate surface area is 497 Å². The third-order valence-electron chi connectivity index (χ3n) is 15.3. The summed E-state index contributed by atoms with van der Waals surface area (Å²) >= 11 is -0.826. The molecular weight excluding hydrogens is 1080 g/mol. The molecule has 8 aromatic carbocycles. The van der Waals surface area contributed by atoms with Crippen molar-refractivity contribution < 1.29 is 20.8 Å². The van der Waals surface area contributed by atoms with Gasteiger partial charge in [-0.25, -0.2) is 0 Å². The summed E-state index contributed by atoms with van der Waals surface area (Å²) in [6.07, 6.45) is 15.6. The van der Waals surface area contributed by atoms with Crippen LogP contribution in [0.4, 0.5) is 0 Å². The molecule has 8 rings (SSSR count). The molecule has 0 aliphatic carbocycles. The maximum atomic E-state index is 4.93. The Balaban J connectivity index is 0.000000261. The van der Waals surface area contributed by atoms with Gasteiger partial charge in [-0.15, -0.1) is 44.8 Å². The minimum absolute atomic E-state index is 0.169. The van der Waals surface area contributed by atoms with Gasteiger partial charge in [-0.2, -0.15) is 12.1 Å². The van der Waals surface area contributed by atoms with Crippen molar-refractivity contribution in [3.05, 3.63) is 179 Å². The molecule has 0 nitrogen and oxygen atoms in total. The zero-order chi connectivity index (χ0) is 57.3. The molecule has 0 spiro atoms. The Morgan fingerprint density at radius 3 is 0.833 bits per heavy atom. The molecule has 0 amide bonds. The van der Waals surface area contributed by atoms with Crippen LogP contribution in [0.3, 0.4) is 0 Å². The van der Waals surface area contributed by atoms with Gasteiger partial charge in [0.05, 0.1) is 0 Å². The summed E-state index contributed by atoms with van der Waals surface area (Å²) in [5, 5.41) is 5.55. The van der Waals surface area contributed by atoms with E-state index in [4.69, 9.17) is 17.0 Å². The molecule has 8 aromatic rings. The third kappa shape index (κ3) is 18.6. The number of aryl methyl sites for hydroxylation is 2. The third-order valence-corrected chi connectivity index (χ3v) is 15.3.